The lowest BCUT2D eigenvalue weighted by atomic mass is 10.00. The highest BCUT2D eigenvalue weighted by Gasteiger charge is 2.34. The van der Waals surface area contributed by atoms with E-state index in [-0.39, 0.29) is 11.4 Å². The minimum Gasteiger partial charge on any atom is -0.425 e. The Bertz CT molecular complexity index is 945. The van der Waals surface area contributed by atoms with Crippen LogP contribution >= 0.6 is 23.2 Å². The van der Waals surface area contributed by atoms with E-state index < -0.39 is 21.9 Å². The largest absolute Gasteiger partial charge is 0.425 e. The lowest BCUT2D eigenvalue weighted by Crippen LogP contribution is -2.43. The van der Waals surface area contributed by atoms with Crippen LogP contribution in [-0.4, -0.2) is 31.8 Å². The molecule has 0 aromatic heterocycles. The molecule has 8 heteroatoms. The molecule has 0 radical (unpaired) electrons. The third-order valence-corrected chi connectivity index (χ3v) is 6.91. The molecule has 0 N–H and O–H groups in total. The van der Waals surface area contributed by atoms with Gasteiger partial charge in [-0.05, 0) is 61.7 Å². The quantitative estimate of drug-likeness (QED) is 0.538. The Morgan fingerprint density at radius 2 is 1.85 bits per heavy atom. The van der Waals surface area contributed by atoms with Crippen LogP contribution in [0.5, 0.6) is 5.75 Å². The zero-order valence-corrected chi connectivity index (χ0v) is 17.0. The molecular weight excluding hydrogens is 409 g/mol. The number of carbonyl (C=O) groups excluding carboxylic acids is 1. The Morgan fingerprint density at radius 3 is 2.56 bits per heavy atom. The van der Waals surface area contributed by atoms with Crippen molar-refractivity contribution in [3.8, 4) is 5.75 Å². The molecule has 1 aliphatic rings. The second-order valence-corrected chi connectivity index (χ2v) is 9.29. The number of piperidine rings is 1. The minimum absolute atomic E-state index is 0.0766. The van der Waals surface area contributed by atoms with Gasteiger partial charge >= 0.3 is 5.97 Å². The lowest BCUT2D eigenvalue weighted by molar-refractivity contribution is -0.140. The summed E-state index contributed by atoms with van der Waals surface area (Å²) in [5, 5.41) is 0.805. The first-order valence-electron chi connectivity index (χ1n) is 8.51. The van der Waals surface area contributed by atoms with E-state index in [0.29, 0.717) is 35.2 Å². The van der Waals surface area contributed by atoms with Gasteiger partial charge in [0.15, 0.2) is 0 Å². The van der Waals surface area contributed by atoms with Crippen molar-refractivity contribution < 1.29 is 17.9 Å². The fraction of sp³-hybridized carbons (Fsp3) is 0.316. The van der Waals surface area contributed by atoms with Crippen LogP contribution in [0.4, 0.5) is 0 Å². The zero-order chi connectivity index (χ0) is 19.6. The number of sulfonamides is 1. The first kappa shape index (κ1) is 20.1. The van der Waals surface area contributed by atoms with Crippen LogP contribution in [0.2, 0.25) is 10.0 Å². The summed E-state index contributed by atoms with van der Waals surface area (Å²) in [5.41, 5.74) is 0.915. The van der Waals surface area contributed by atoms with E-state index in [0.717, 1.165) is 5.56 Å². The predicted octanol–water partition coefficient (Wildman–Crippen LogP) is 4.31. The monoisotopic (exact) mass is 427 g/mol. The van der Waals surface area contributed by atoms with Crippen molar-refractivity contribution in [1.82, 2.24) is 4.31 Å². The molecule has 0 aliphatic carbocycles. The summed E-state index contributed by atoms with van der Waals surface area (Å²) in [6.45, 7) is 2.31. The molecule has 27 heavy (non-hydrogen) atoms. The van der Waals surface area contributed by atoms with Crippen molar-refractivity contribution in [2.45, 2.75) is 24.7 Å². The summed E-state index contributed by atoms with van der Waals surface area (Å²) < 4.78 is 32.4. The summed E-state index contributed by atoms with van der Waals surface area (Å²) in [6, 6.07) is 11.2. The fourth-order valence-electron chi connectivity index (χ4n) is 2.99. The topological polar surface area (TPSA) is 63.7 Å². The molecule has 1 saturated heterocycles. The Labute approximate surface area is 168 Å². The van der Waals surface area contributed by atoms with Gasteiger partial charge in [-0.2, -0.15) is 4.31 Å². The van der Waals surface area contributed by atoms with Crippen LogP contribution in [-0.2, 0) is 14.8 Å². The summed E-state index contributed by atoms with van der Waals surface area (Å²) >= 11 is 11.9. The highest BCUT2D eigenvalue weighted by molar-refractivity contribution is 7.89. The number of ether oxygens (including phenoxy) is 1. The second kappa shape index (κ2) is 8.19. The molecule has 3 rings (SSSR count). The number of aryl methyl sites for hydroxylation is 1. The molecule has 2 aromatic carbocycles. The lowest BCUT2D eigenvalue weighted by Gasteiger charge is -2.30. The van der Waals surface area contributed by atoms with Crippen molar-refractivity contribution >= 4 is 39.2 Å². The highest BCUT2D eigenvalue weighted by atomic mass is 35.5. The number of rotatable bonds is 4. The van der Waals surface area contributed by atoms with E-state index in [2.05, 4.69) is 0 Å². The molecule has 1 heterocycles. The van der Waals surface area contributed by atoms with Crippen molar-refractivity contribution in [3.63, 3.8) is 0 Å². The zero-order valence-electron chi connectivity index (χ0n) is 14.7. The molecule has 0 amide bonds. The number of nitrogens with zero attached hydrogens (tertiary/aromatic N) is 1. The van der Waals surface area contributed by atoms with Gasteiger partial charge in [0.2, 0.25) is 10.0 Å². The number of hydrogen-bond donors (Lipinski definition) is 0. The molecular formula is C19H19Cl2NO4S. The van der Waals surface area contributed by atoms with E-state index in [1.54, 1.807) is 12.1 Å². The van der Waals surface area contributed by atoms with E-state index in [9.17, 15) is 13.2 Å². The molecule has 1 unspecified atom stereocenters. The molecule has 0 saturated carbocycles. The molecule has 144 valence electrons. The van der Waals surface area contributed by atoms with E-state index >= 15 is 0 Å². The molecule has 1 fully saturated rings. The Morgan fingerprint density at radius 1 is 1.15 bits per heavy atom. The average Bonchev–Trinajstić information content (AvgIpc) is 2.65. The first-order chi connectivity index (χ1) is 12.8. The Balaban J connectivity index is 1.74. The Hall–Kier alpha value is -1.60. The number of benzene rings is 2. The second-order valence-electron chi connectivity index (χ2n) is 6.51. The maximum absolute atomic E-state index is 12.8. The van der Waals surface area contributed by atoms with Crippen LogP contribution < -0.4 is 4.74 Å². The number of esters is 1. The van der Waals surface area contributed by atoms with Gasteiger partial charge in [-0.15, -0.1) is 0 Å². The van der Waals surface area contributed by atoms with Gasteiger partial charge < -0.3 is 4.74 Å². The van der Waals surface area contributed by atoms with Crippen molar-refractivity contribution in [3.05, 3.63) is 58.1 Å². The smallest absolute Gasteiger partial charge is 0.315 e. The molecule has 2 aromatic rings. The van der Waals surface area contributed by atoms with Gasteiger partial charge in [0, 0.05) is 18.1 Å². The van der Waals surface area contributed by atoms with Gasteiger partial charge in [-0.25, -0.2) is 8.42 Å². The van der Waals surface area contributed by atoms with Crippen LogP contribution in [0, 0.1) is 12.8 Å². The third-order valence-electron chi connectivity index (χ3n) is 4.47. The van der Waals surface area contributed by atoms with Gasteiger partial charge in [0.1, 0.15) is 5.75 Å². The maximum atomic E-state index is 12.8. The fourth-order valence-corrected chi connectivity index (χ4v) is 4.80. The average molecular weight is 428 g/mol. The number of carbonyl (C=O) groups is 1. The predicted molar refractivity (Wildman–Crippen MR) is 105 cm³/mol. The van der Waals surface area contributed by atoms with E-state index in [1.165, 1.54) is 28.6 Å². The number of hydrogen-bond acceptors (Lipinski definition) is 4. The van der Waals surface area contributed by atoms with Gasteiger partial charge in [-0.1, -0.05) is 29.3 Å². The SMILES string of the molecule is Cc1ccc(Cl)c(OC(=O)C2CCCN(S(=O)(=O)c3ccc(Cl)cc3)C2)c1. The number of halogens is 2. The molecule has 0 bridgehead atoms. The van der Waals surface area contributed by atoms with Gasteiger partial charge in [-0.3, -0.25) is 4.79 Å². The van der Waals surface area contributed by atoms with Gasteiger partial charge in [0.05, 0.1) is 15.8 Å². The molecule has 1 atom stereocenters. The normalized spacial score (nSPS) is 18.3. The third kappa shape index (κ3) is 4.63. The van der Waals surface area contributed by atoms with Crippen LogP contribution in [0.25, 0.3) is 0 Å². The molecule has 5 nitrogen and oxygen atoms in total. The van der Waals surface area contributed by atoms with E-state index in [4.69, 9.17) is 27.9 Å². The summed E-state index contributed by atoms with van der Waals surface area (Å²) in [6.07, 6.45) is 1.14. The van der Waals surface area contributed by atoms with Crippen molar-refractivity contribution in [1.29, 1.82) is 0 Å². The molecule has 0 spiro atoms. The van der Waals surface area contributed by atoms with Crippen LogP contribution in [0.1, 0.15) is 18.4 Å². The van der Waals surface area contributed by atoms with Crippen molar-refractivity contribution in [2.75, 3.05) is 13.1 Å². The first-order valence-corrected chi connectivity index (χ1v) is 10.7. The highest BCUT2D eigenvalue weighted by Crippen LogP contribution is 2.29. The molecule has 1 aliphatic heterocycles. The standard InChI is InChI=1S/C19H19Cl2NO4S/c1-13-4-9-17(21)18(11-13)26-19(23)14-3-2-10-22(12-14)27(24,25)16-7-5-15(20)6-8-16/h4-9,11,14H,2-3,10,12H2,1H3. The van der Waals surface area contributed by atoms with Crippen molar-refractivity contribution in [2.24, 2.45) is 5.92 Å². The van der Waals surface area contributed by atoms with Crippen LogP contribution in [0.3, 0.4) is 0 Å². The summed E-state index contributed by atoms with van der Waals surface area (Å²) in [4.78, 5) is 12.7. The summed E-state index contributed by atoms with van der Waals surface area (Å²) in [5.74, 6) is -0.727. The van der Waals surface area contributed by atoms with Crippen LogP contribution in [0.15, 0.2) is 47.4 Å². The van der Waals surface area contributed by atoms with E-state index in [1.807, 2.05) is 13.0 Å². The minimum atomic E-state index is -3.69. The summed E-state index contributed by atoms with van der Waals surface area (Å²) in [7, 11) is -3.69. The Kier molecular flexibility index (Phi) is 6.11. The van der Waals surface area contributed by atoms with Gasteiger partial charge in [0.25, 0.3) is 0 Å². The maximum Gasteiger partial charge on any atom is 0.315 e.